The summed E-state index contributed by atoms with van der Waals surface area (Å²) in [4.78, 5) is 4.99. The fourth-order valence-electron chi connectivity index (χ4n) is 12.6. The van der Waals surface area contributed by atoms with Crippen LogP contribution in [0.25, 0.3) is 97.3 Å². The Labute approximate surface area is 425 Å². The molecule has 15 rings (SSSR count). The number of anilines is 6. The third-order valence-corrected chi connectivity index (χ3v) is 19.6. The second-order valence-electron chi connectivity index (χ2n) is 20.5. The zero-order valence-corrected chi connectivity index (χ0v) is 41.6. The highest BCUT2D eigenvalue weighted by Gasteiger charge is 2.37. The average molecular weight is 945 g/mol. The summed E-state index contributed by atoms with van der Waals surface area (Å²) in [6, 6.07) is 95.6. The molecule has 3 heteroatoms. The van der Waals surface area contributed by atoms with Crippen molar-refractivity contribution in [3.05, 3.63) is 255 Å². The van der Waals surface area contributed by atoms with Gasteiger partial charge in [0.2, 0.25) is 0 Å². The molecular formula is C70H48N2Si. The summed E-state index contributed by atoms with van der Waals surface area (Å²) in [7, 11) is -2.32. The average Bonchev–Trinajstić information content (AvgIpc) is 3.44. The van der Waals surface area contributed by atoms with Crippen LogP contribution in [0.3, 0.4) is 0 Å². The van der Waals surface area contributed by atoms with Crippen LogP contribution in [-0.2, 0) is 0 Å². The van der Waals surface area contributed by atoms with E-state index < -0.39 is 8.07 Å². The Balaban J connectivity index is 0.923. The Kier molecular flexibility index (Phi) is 9.14. The number of benzene rings is 14. The van der Waals surface area contributed by atoms with Gasteiger partial charge in [-0.1, -0.05) is 201 Å². The fraction of sp³-hybridized carbons (Fsp3) is 0.0286. The van der Waals surface area contributed by atoms with E-state index in [0.717, 1.165) is 22.7 Å². The zero-order valence-electron chi connectivity index (χ0n) is 40.6. The first-order valence-electron chi connectivity index (χ1n) is 25.5. The molecule has 0 amide bonds. The van der Waals surface area contributed by atoms with Gasteiger partial charge in [0.1, 0.15) is 8.07 Å². The van der Waals surface area contributed by atoms with E-state index in [2.05, 4.69) is 278 Å². The minimum absolute atomic E-state index is 1.13. The van der Waals surface area contributed by atoms with Crippen LogP contribution in [0.4, 0.5) is 34.1 Å². The molecule has 0 saturated carbocycles. The summed E-state index contributed by atoms with van der Waals surface area (Å²) in [6.07, 6.45) is 0. The van der Waals surface area contributed by atoms with E-state index in [1.807, 2.05) is 0 Å². The maximum Gasteiger partial charge on any atom is 0.113 e. The molecule has 1 heterocycles. The van der Waals surface area contributed by atoms with Crippen LogP contribution >= 0.6 is 0 Å². The number of fused-ring (bicyclic) bond motifs is 12. The van der Waals surface area contributed by atoms with Crippen LogP contribution in [0.2, 0.25) is 13.1 Å². The van der Waals surface area contributed by atoms with E-state index in [4.69, 9.17) is 0 Å². The van der Waals surface area contributed by atoms with Crippen molar-refractivity contribution in [2.24, 2.45) is 0 Å². The first-order valence-corrected chi connectivity index (χ1v) is 28.5. The maximum absolute atomic E-state index is 2.56. The van der Waals surface area contributed by atoms with Crippen LogP contribution in [0, 0.1) is 0 Å². The highest BCUT2D eigenvalue weighted by atomic mass is 28.3. The minimum Gasteiger partial charge on any atom is -0.310 e. The van der Waals surface area contributed by atoms with Crippen LogP contribution in [0.1, 0.15) is 0 Å². The monoisotopic (exact) mass is 944 g/mol. The van der Waals surface area contributed by atoms with E-state index in [-0.39, 0.29) is 0 Å². The maximum atomic E-state index is 2.56. The molecule has 0 saturated heterocycles. The Bertz CT molecular complexity index is 4620. The molecule has 1 aliphatic rings. The standard InChI is InChI=1S/C70H48N2Si/c1-73(2)68-27-13-24-61-64-43-54(71(66-25-11-18-45-14-5-9-22-58(45)66)52-35-32-49-30-28-47-16-3-7-20-56(47)62(49)41-52)37-34-51(64)40-65(70(61)68)60-39-38-55(44-69(60)73)72(67-26-12-19-46-15-6-10-23-59(46)67)53-36-33-50-31-29-48-17-4-8-21-57(48)63(50)42-53/h3-44H,1-2H3. The Morgan fingerprint density at radius 1 is 0.247 bits per heavy atom. The summed E-state index contributed by atoms with van der Waals surface area (Å²) in [5.74, 6) is 0. The second-order valence-corrected chi connectivity index (χ2v) is 24.8. The molecular weight excluding hydrogens is 897 g/mol. The molecule has 73 heavy (non-hydrogen) atoms. The van der Waals surface area contributed by atoms with Gasteiger partial charge in [-0.25, -0.2) is 0 Å². The molecule has 1 aliphatic heterocycles. The lowest BCUT2D eigenvalue weighted by molar-refractivity contribution is 1.31. The van der Waals surface area contributed by atoms with E-state index in [0.29, 0.717) is 0 Å². The minimum atomic E-state index is -2.32. The van der Waals surface area contributed by atoms with Crippen molar-refractivity contribution in [1.29, 1.82) is 0 Å². The van der Waals surface area contributed by atoms with Gasteiger partial charge >= 0.3 is 0 Å². The number of hydrogen-bond donors (Lipinski definition) is 0. The number of nitrogens with zero attached hydrogens (tertiary/aromatic N) is 2. The lowest BCUT2D eigenvalue weighted by Crippen LogP contribution is -2.56. The normalized spacial score (nSPS) is 12.9. The zero-order chi connectivity index (χ0) is 48.4. The molecule has 2 nitrogen and oxygen atoms in total. The van der Waals surface area contributed by atoms with Crippen molar-refractivity contribution < 1.29 is 0 Å². The molecule has 0 atom stereocenters. The van der Waals surface area contributed by atoms with Crippen LogP contribution < -0.4 is 20.2 Å². The Morgan fingerprint density at radius 2 is 0.616 bits per heavy atom. The summed E-state index contributed by atoms with van der Waals surface area (Å²) in [5, 5.41) is 23.1. The van der Waals surface area contributed by atoms with Gasteiger partial charge in [0.05, 0.1) is 11.4 Å². The van der Waals surface area contributed by atoms with Crippen molar-refractivity contribution in [2.75, 3.05) is 9.80 Å². The smallest absolute Gasteiger partial charge is 0.113 e. The van der Waals surface area contributed by atoms with E-state index in [1.165, 1.54) is 119 Å². The SMILES string of the molecule is C[Si]1(C)c2cc(N(c3ccc4ccc5ccccc5c4c3)c3cccc4ccccc34)ccc2-c2cc3ccc(N(c4ccc5ccc6ccccc6c5c4)c4cccc5ccccc45)cc3c3cccc1c23. The van der Waals surface area contributed by atoms with Gasteiger partial charge in [-0.15, -0.1) is 0 Å². The van der Waals surface area contributed by atoms with Gasteiger partial charge in [0.15, 0.2) is 0 Å². The summed E-state index contributed by atoms with van der Waals surface area (Å²) >= 11 is 0. The predicted molar refractivity (Wildman–Crippen MR) is 318 cm³/mol. The molecule has 0 aromatic heterocycles. The van der Waals surface area contributed by atoms with Gasteiger partial charge in [0.25, 0.3) is 0 Å². The fourth-order valence-corrected chi connectivity index (χ4v) is 15.7. The first-order chi connectivity index (χ1) is 35.9. The molecule has 14 aromatic carbocycles. The first kappa shape index (κ1) is 41.7. The molecule has 0 N–H and O–H groups in total. The van der Waals surface area contributed by atoms with E-state index in [9.17, 15) is 0 Å². The van der Waals surface area contributed by atoms with Crippen molar-refractivity contribution in [2.45, 2.75) is 13.1 Å². The van der Waals surface area contributed by atoms with Gasteiger partial charge in [-0.2, -0.15) is 0 Å². The summed E-state index contributed by atoms with van der Waals surface area (Å²) in [5.41, 5.74) is 9.59. The number of rotatable bonds is 6. The molecule has 0 aliphatic carbocycles. The van der Waals surface area contributed by atoms with Crippen LogP contribution in [-0.4, -0.2) is 8.07 Å². The molecule has 0 radical (unpaired) electrons. The quantitative estimate of drug-likeness (QED) is 0.121. The van der Waals surface area contributed by atoms with Crippen molar-refractivity contribution in [1.82, 2.24) is 0 Å². The lowest BCUT2D eigenvalue weighted by Gasteiger charge is -2.36. The number of hydrogen-bond acceptors (Lipinski definition) is 2. The molecule has 0 unspecified atom stereocenters. The topological polar surface area (TPSA) is 6.48 Å². The molecule has 14 aromatic rings. The molecule has 0 bridgehead atoms. The largest absolute Gasteiger partial charge is 0.310 e. The molecule has 0 spiro atoms. The summed E-state index contributed by atoms with van der Waals surface area (Å²) in [6.45, 7) is 5.12. The third kappa shape index (κ3) is 6.42. The molecule has 342 valence electrons. The second kappa shape index (κ2) is 16.0. The van der Waals surface area contributed by atoms with Crippen LogP contribution in [0.5, 0.6) is 0 Å². The van der Waals surface area contributed by atoms with Crippen molar-refractivity contribution >= 4 is 139 Å². The summed E-state index contributed by atoms with van der Waals surface area (Å²) < 4.78 is 0. The molecule has 0 fully saturated rings. The van der Waals surface area contributed by atoms with E-state index in [1.54, 1.807) is 0 Å². The lowest BCUT2D eigenvalue weighted by atomic mass is 9.92. The van der Waals surface area contributed by atoms with Gasteiger partial charge in [-0.05, 0) is 164 Å². The highest BCUT2D eigenvalue weighted by Crippen LogP contribution is 2.47. The predicted octanol–water partition coefficient (Wildman–Crippen LogP) is 18.7. The van der Waals surface area contributed by atoms with Crippen LogP contribution in [0.15, 0.2) is 255 Å². The van der Waals surface area contributed by atoms with Gasteiger partial charge in [0, 0.05) is 33.5 Å². The van der Waals surface area contributed by atoms with Crippen molar-refractivity contribution in [3.8, 4) is 11.1 Å². The Hall–Kier alpha value is -9.02. The third-order valence-electron chi connectivity index (χ3n) is 16.1. The van der Waals surface area contributed by atoms with Gasteiger partial charge in [-0.3, -0.25) is 0 Å². The highest BCUT2D eigenvalue weighted by molar-refractivity contribution is 7.03. The van der Waals surface area contributed by atoms with Crippen molar-refractivity contribution in [3.63, 3.8) is 0 Å². The van der Waals surface area contributed by atoms with E-state index >= 15 is 0 Å². The van der Waals surface area contributed by atoms with Gasteiger partial charge < -0.3 is 9.80 Å². The Morgan fingerprint density at radius 3 is 1.15 bits per heavy atom.